The van der Waals surface area contributed by atoms with Crippen LogP contribution in [0.15, 0.2) is 50.1 Å². The second-order valence-corrected chi connectivity index (χ2v) is 9.50. The summed E-state index contributed by atoms with van der Waals surface area (Å²) in [5, 5.41) is 1.13. The number of aryl methyl sites for hydroxylation is 2. The molecule has 29 heavy (non-hydrogen) atoms. The first-order chi connectivity index (χ1) is 13.9. The van der Waals surface area contributed by atoms with Gasteiger partial charge in [-0.2, -0.15) is 0 Å². The van der Waals surface area contributed by atoms with E-state index in [0.717, 1.165) is 39.1 Å². The van der Waals surface area contributed by atoms with Crippen molar-refractivity contribution in [2.45, 2.75) is 32.6 Å². The third-order valence-electron chi connectivity index (χ3n) is 5.19. The Bertz CT molecular complexity index is 1100. The van der Waals surface area contributed by atoms with Crippen molar-refractivity contribution in [3.63, 3.8) is 0 Å². The Morgan fingerprint density at radius 1 is 1.17 bits per heavy atom. The fourth-order valence-corrected chi connectivity index (χ4v) is 5.04. The summed E-state index contributed by atoms with van der Waals surface area (Å²) >= 11 is 5.22. The summed E-state index contributed by atoms with van der Waals surface area (Å²) in [6.07, 6.45) is 1.71. The maximum absolute atomic E-state index is 12.7. The average molecular weight is 473 g/mol. The van der Waals surface area contributed by atoms with Crippen LogP contribution in [0, 0.1) is 13.8 Å². The molecule has 0 atom stereocenters. The van der Waals surface area contributed by atoms with Crippen molar-refractivity contribution in [2.75, 3.05) is 13.1 Å². The highest BCUT2D eigenvalue weighted by atomic mass is 79.9. The van der Waals surface area contributed by atoms with Gasteiger partial charge in [0.15, 0.2) is 5.76 Å². The third-order valence-corrected chi connectivity index (χ3v) is 6.85. The summed E-state index contributed by atoms with van der Waals surface area (Å²) in [5.74, 6) is 0.252. The summed E-state index contributed by atoms with van der Waals surface area (Å²) < 4.78 is 6.15. The van der Waals surface area contributed by atoms with Crippen LogP contribution in [0.1, 0.15) is 44.8 Å². The molecule has 0 bridgehead atoms. The number of amides is 1. The Morgan fingerprint density at radius 2 is 1.86 bits per heavy atom. The van der Waals surface area contributed by atoms with E-state index in [9.17, 15) is 9.59 Å². The highest BCUT2D eigenvalue weighted by Gasteiger charge is 2.28. The lowest BCUT2D eigenvalue weighted by Gasteiger charge is -2.30. The molecule has 1 aliphatic rings. The van der Waals surface area contributed by atoms with Crippen molar-refractivity contribution in [3.05, 3.63) is 72.5 Å². The molecule has 150 valence electrons. The van der Waals surface area contributed by atoms with Gasteiger partial charge in [0.25, 0.3) is 5.91 Å². The molecule has 3 heterocycles. The lowest BCUT2D eigenvalue weighted by Crippen LogP contribution is -2.38. The fourth-order valence-electron chi connectivity index (χ4n) is 3.66. The van der Waals surface area contributed by atoms with Gasteiger partial charge < -0.3 is 9.32 Å². The quantitative estimate of drug-likeness (QED) is 0.527. The van der Waals surface area contributed by atoms with Crippen LogP contribution in [0.5, 0.6) is 0 Å². The van der Waals surface area contributed by atoms with Crippen LogP contribution in [0.2, 0.25) is 0 Å². The van der Waals surface area contributed by atoms with Crippen molar-refractivity contribution in [1.29, 1.82) is 0 Å². The van der Waals surface area contributed by atoms with Gasteiger partial charge in [0.1, 0.15) is 0 Å². The topological polar surface area (TPSA) is 63.4 Å². The number of hydrogen-bond acceptors (Lipinski definition) is 5. The average Bonchev–Trinajstić information content (AvgIpc) is 3.09. The maximum Gasteiger partial charge on any atom is 0.336 e. The van der Waals surface area contributed by atoms with Gasteiger partial charge in [-0.25, -0.2) is 9.78 Å². The van der Waals surface area contributed by atoms with E-state index in [0.29, 0.717) is 19.0 Å². The molecule has 3 aromatic rings. The molecule has 0 saturated carbocycles. The molecule has 0 aliphatic carbocycles. The Morgan fingerprint density at radius 3 is 2.52 bits per heavy atom. The number of piperidine rings is 1. The molecule has 0 unspecified atom stereocenters. The molecule has 1 aliphatic heterocycles. The fraction of sp³-hybridized carbons (Fsp3) is 0.318. The van der Waals surface area contributed by atoms with E-state index >= 15 is 0 Å². The zero-order valence-corrected chi connectivity index (χ0v) is 18.7. The highest BCUT2D eigenvalue weighted by Crippen LogP contribution is 2.36. The Kier molecular flexibility index (Phi) is 5.69. The van der Waals surface area contributed by atoms with Crippen molar-refractivity contribution < 1.29 is 9.21 Å². The minimum Gasteiger partial charge on any atom is -0.417 e. The van der Waals surface area contributed by atoms with E-state index in [1.165, 1.54) is 10.9 Å². The number of thiazole rings is 1. The number of rotatable bonds is 3. The van der Waals surface area contributed by atoms with Gasteiger partial charge in [-0.15, -0.1) is 11.3 Å². The van der Waals surface area contributed by atoms with E-state index in [-0.39, 0.29) is 11.7 Å². The standard InChI is InChI=1S/C22H21BrN2O3S/c1-13-11-18(28-19(26)12-13)22(27)25-9-7-16(8-10-25)21-24-20(14(2)29-21)15-3-5-17(23)6-4-15/h3-6,11-12,16H,7-10H2,1-2H3. The van der Waals surface area contributed by atoms with Gasteiger partial charge in [0.05, 0.1) is 10.7 Å². The largest absolute Gasteiger partial charge is 0.417 e. The molecule has 2 aromatic heterocycles. The summed E-state index contributed by atoms with van der Waals surface area (Å²) in [6, 6.07) is 11.2. The summed E-state index contributed by atoms with van der Waals surface area (Å²) in [5.41, 5.74) is 2.41. The van der Waals surface area contributed by atoms with Crippen LogP contribution in [0.3, 0.4) is 0 Å². The minimum atomic E-state index is -0.484. The van der Waals surface area contributed by atoms with Crippen molar-refractivity contribution >= 4 is 33.2 Å². The number of aromatic nitrogens is 1. The summed E-state index contributed by atoms with van der Waals surface area (Å²) in [6.45, 7) is 5.16. The van der Waals surface area contributed by atoms with Gasteiger partial charge >= 0.3 is 5.63 Å². The van der Waals surface area contributed by atoms with Gasteiger partial charge in [0, 0.05) is 40.0 Å². The molecule has 4 rings (SSSR count). The van der Waals surface area contributed by atoms with Crippen LogP contribution in [-0.4, -0.2) is 28.9 Å². The number of benzene rings is 1. The molecule has 5 nitrogen and oxygen atoms in total. The third kappa shape index (κ3) is 4.36. The highest BCUT2D eigenvalue weighted by molar-refractivity contribution is 9.10. The van der Waals surface area contributed by atoms with Gasteiger partial charge in [-0.3, -0.25) is 4.79 Å². The maximum atomic E-state index is 12.7. The molecule has 1 aromatic carbocycles. The first-order valence-electron chi connectivity index (χ1n) is 9.55. The zero-order chi connectivity index (χ0) is 20.5. The van der Waals surface area contributed by atoms with Crippen LogP contribution in [0.25, 0.3) is 11.3 Å². The van der Waals surface area contributed by atoms with E-state index in [2.05, 4.69) is 35.0 Å². The molecule has 1 fully saturated rings. The van der Waals surface area contributed by atoms with E-state index < -0.39 is 5.63 Å². The van der Waals surface area contributed by atoms with E-state index in [1.54, 1.807) is 29.2 Å². The van der Waals surface area contributed by atoms with Gasteiger partial charge in [-0.1, -0.05) is 28.1 Å². The number of likely N-dealkylation sites (tertiary alicyclic amines) is 1. The predicted molar refractivity (Wildman–Crippen MR) is 118 cm³/mol. The molecular formula is C22H21BrN2O3S. The lowest BCUT2D eigenvalue weighted by atomic mass is 9.97. The summed E-state index contributed by atoms with van der Waals surface area (Å²) in [7, 11) is 0. The summed E-state index contributed by atoms with van der Waals surface area (Å²) in [4.78, 5) is 32.2. The monoisotopic (exact) mass is 472 g/mol. The van der Waals surface area contributed by atoms with Crippen LogP contribution < -0.4 is 5.63 Å². The molecule has 1 amide bonds. The number of carbonyl (C=O) groups excluding carboxylic acids is 1. The van der Waals surface area contributed by atoms with E-state index in [1.807, 2.05) is 12.1 Å². The smallest absolute Gasteiger partial charge is 0.336 e. The predicted octanol–water partition coefficient (Wildman–Crippen LogP) is 5.16. The second kappa shape index (κ2) is 8.24. The van der Waals surface area contributed by atoms with Gasteiger partial charge in [0.2, 0.25) is 0 Å². The molecule has 0 spiro atoms. The second-order valence-electron chi connectivity index (χ2n) is 7.35. The Balaban J connectivity index is 1.46. The van der Waals surface area contributed by atoms with Crippen molar-refractivity contribution in [2.24, 2.45) is 0 Å². The number of hydrogen-bond donors (Lipinski definition) is 0. The first-order valence-corrected chi connectivity index (χ1v) is 11.2. The molecular weight excluding hydrogens is 452 g/mol. The minimum absolute atomic E-state index is 0.121. The Hall–Kier alpha value is -2.25. The lowest BCUT2D eigenvalue weighted by molar-refractivity contribution is 0.0675. The molecule has 0 radical (unpaired) electrons. The first kappa shape index (κ1) is 20.0. The van der Waals surface area contributed by atoms with Gasteiger partial charge in [-0.05, 0) is 50.5 Å². The molecule has 0 N–H and O–H groups in total. The van der Waals surface area contributed by atoms with Crippen LogP contribution >= 0.6 is 27.3 Å². The zero-order valence-electron chi connectivity index (χ0n) is 16.3. The Labute approximate surface area is 181 Å². The van der Waals surface area contributed by atoms with E-state index in [4.69, 9.17) is 9.40 Å². The van der Waals surface area contributed by atoms with Crippen LogP contribution in [0.4, 0.5) is 0 Å². The number of halogens is 1. The van der Waals surface area contributed by atoms with Crippen LogP contribution in [-0.2, 0) is 0 Å². The van der Waals surface area contributed by atoms with Crippen molar-refractivity contribution in [3.8, 4) is 11.3 Å². The number of nitrogens with zero attached hydrogens (tertiary/aromatic N) is 2. The SMILES string of the molecule is Cc1cc(C(=O)N2CCC(c3nc(-c4ccc(Br)cc4)c(C)s3)CC2)oc(=O)c1. The normalized spacial score (nSPS) is 14.9. The van der Waals surface area contributed by atoms with Crippen molar-refractivity contribution in [1.82, 2.24) is 9.88 Å². The molecule has 7 heteroatoms. The number of carbonyl (C=O) groups is 1. The molecule has 1 saturated heterocycles.